The lowest BCUT2D eigenvalue weighted by Gasteiger charge is -2.28. The van der Waals surface area contributed by atoms with Crippen LogP contribution in [0.4, 0.5) is 51.2 Å². The maximum atomic E-state index is 2.40. The minimum Gasteiger partial charge on any atom is -0.310 e. The maximum absolute atomic E-state index is 2.40. The second-order valence-electron chi connectivity index (χ2n) is 36.5. The molecule has 0 saturated heterocycles. The Hall–Kier alpha value is -18.5. The molecule has 24 aromatic carbocycles. The number of anilines is 9. The zero-order valence-corrected chi connectivity index (χ0v) is 77.5. The zero-order chi connectivity index (χ0) is 93.5. The molecule has 0 saturated carbocycles. The lowest BCUT2D eigenvalue weighted by atomic mass is 9.91. The molecule has 0 atom stereocenters. The van der Waals surface area contributed by atoms with Crippen molar-refractivity contribution in [3.63, 3.8) is 0 Å². The molecule has 0 bridgehead atoms. The summed E-state index contributed by atoms with van der Waals surface area (Å²) in [4.78, 5) is 7.19. The Bertz CT molecular complexity index is 8660. The van der Waals surface area contributed by atoms with Crippen LogP contribution in [0.5, 0.6) is 0 Å². The van der Waals surface area contributed by atoms with E-state index in [0.29, 0.717) is 0 Å². The molecule has 3 aliphatic carbocycles. The van der Waals surface area contributed by atoms with E-state index in [0.717, 1.165) is 51.2 Å². The van der Waals surface area contributed by atoms with Gasteiger partial charge in [0.1, 0.15) is 0 Å². The highest BCUT2D eigenvalue weighted by Gasteiger charge is 2.26. The molecule has 0 aromatic heterocycles. The third-order valence-corrected chi connectivity index (χ3v) is 28.3. The fourth-order valence-corrected chi connectivity index (χ4v) is 21.4. The number of nitrogens with zero attached hydrogens (tertiary/aromatic N) is 3. The number of hydrogen-bond acceptors (Lipinski definition) is 3. The zero-order valence-electron chi connectivity index (χ0n) is 77.5. The summed E-state index contributed by atoms with van der Waals surface area (Å²) in [5, 5.41) is 15.3. The van der Waals surface area contributed by atoms with Crippen molar-refractivity contribution in [3.05, 3.63) is 561 Å². The molecule has 141 heavy (non-hydrogen) atoms. The Kier molecular flexibility index (Phi) is 22.1. The second-order valence-corrected chi connectivity index (χ2v) is 36.5. The Morgan fingerprint density at radius 2 is 0.376 bits per heavy atom. The van der Waals surface area contributed by atoms with Gasteiger partial charge in [-0.15, -0.1) is 0 Å². The van der Waals surface area contributed by atoms with Crippen molar-refractivity contribution in [2.75, 3.05) is 14.7 Å². The van der Waals surface area contributed by atoms with Gasteiger partial charge < -0.3 is 14.7 Å². The molecule has 0 amide bonds. The van der Waals surface area contributed by atoms with Crippen LogP contribution in [0, 0.1) is 0 Å². The highest BCUT2D eigenvalue weighted by molar-refractivity contribution is 6.18. The highest BCUT2D eigenvalue weighted by Crippen LogP contribution is 2.51. The molecule has 660 valence electrons. The lowest BCUT2D eigenvalue weighted by Crippen LogP contribution is -2.10. The molecule has 3 heteroatoms. The van der Waals surface area contributed by atoms with E-state index in [9.17, 15) is 0 Å². The van der Waals surface area contributed by atoms with Gasteiger partial charge in [0.2, 0.25) is 0 Å². The number of benzene rings is 24. The van der Waals surface area contributed by atoms with Crippen molar-refractivity contribution in [1.29, 1.82) is 0 Å². The minimum atomic E-state index is 1.12. The number of rotatable bonds is 18. The van der Waals surface area contributed by atoms with E-state index in [2.05, 4.69) is 579 Å². The normalized spacial score (nSPS) is 11.7. The topological polar surface area (TPSA) is 9.72 Å². The summed E-state index contributed by atoms with van der Waals surface area (Å²) in [6.07, 6.45) is 13.5. The van der Waals surface area contributed by atoms with Gasteiger partial charge in [-0.05, 0) is 285 Å². The largest absolute Gasteiger partial charge is 0.310 e. The smallest absolute Gasteiger partial charge is 0.0540 e. The standard InChI is InChI=1S/3C46H31N/c1-3-10-32(11-4-1)34-18-24-38(25-19-34)47(39-26-20-35(21-27-39)33-12-5-2-6-13-33)45-31-30-41(40-16-7-8-17-43(40)45)42-28-22-36-14-9-15-37-23-29-44(42)46(36)37;1-3-10-32(11-4-1)34-20-24-40(25-21-34)47(41-26-22-35(23-27-41)33-12-5-2-6-13-33)45-29-28-42(43-16-7-8-17-44(43)45)39-30-37-15-9-14-36-18-19-38(31-39)46(36)37;1-3-10-32(11-4-1)34-20-25-38(26-21-34)47(39-27-22-35(23-28-39)33-12-5-2-6-13-33)45-31-30-41(40-15-7-8-16-43(40)45)42-29-24-37-19-18-36-14-9-17-44(42)46(36)37/h3*1-31H. The van der Waals surface area contributed by atoms with E-state index >= 15 is 0 Å². The van der Waals surface area contributed by atoms with Crippen LogP contribution in [0.3, 0.4) is 0 Å². The summed E-state index contributed by atoms with van der Waals surface area (Å²) in [7, 11) is 0. The maximum Gasteiger partial charge on any atom is 0.0540 e. The Labute approximate surface area is 822 Å². The average molecular weight is 1790 g/mol. The average Bonchev–Trinajstić information content (AvgIpc) is 1.73. The van der Waals surface area contributed by atoms with Gasteiger partial charge in [-0.25, -0.2) is 0 Å². The van der Waals surface area contributed by atoms with E-state index in [-0.39, 0.29) is 0 Å². The predicted molar refractivity (Wildman–Crippen MR) is 604 cm³/mol. The second kappa shape index (κ2) is 36.9. The van der Waals surface area contributed by atoms with Crippen molar-refractivity contribution in [2.45, 2.75) is 0 Å². The SMILES string of the molecule is C1=Cc2c(-c3ccc(N(c4ccc(-c5ccccc5)cc4)c4ccc(-c5ccccc5)cc4)c4ccccc34)ccc3cccc1c23.C1=Cc2cc(-c3ccc(N(c4ccc(-c5ccccc5)cc4)c4ccc(-c5ccccc5)cc4)c4ccccc34)cc3cccc1c23.C1=Cc2ccc(-c3ccc(N(c4ccc(-c5ccccc5)cc4)c4ccc(-c5ccccc5)cc4)c4ccccc34)c3cccc1c23. The molecule has 3 nitrogen and oxygen atoms in total. The monoisotopic (exact) mass is 1790 g/mol. The van der Waals surface area contributed by atoms with Crippen LogP contribution < -0.4 is 14.7 Å². The van der Waals surface area contributed by atoms with Gasteiger partial charge in [0.25, 0.3) is 0 Å². The van der Waals surface area contributed by atoms with Crippen molar-refractivity contribution >= 4 is 152 Å². The van der Waals surface area contributed by atoms with Crippen LogP contribution in [0.1, 0.15) is 33.4 Å². The Balaban J connectivity index is 0.000000111. The third-order valence-electron chi connectivity index (χ3n) is 28.3. The summed E-state index contributed by atoms with van der Waals surface area (Å²) < 4.78 is 0. The Morgan fingerprint density at radius 3 is 0.752 bits per heavy atom. The van der Waals surface area contributed by atoms with Gasteiger partial charge in [-0.3, -0.25) is 0 Å². The molecule has 0 fully saturated rings. The molecule has 0 aliphatic heterocycles. The molecular formula is C138H93N3. The quantitative estimate of drug-likeness (QED) is 0.0848. The van der Waals surface area contributed by atoms with Gasteiger partial charge in [0.15, 0.2) is 0 Å². The van der Waals surface area contributed by atoms with Gasteiger partial charge in [0.05, 0.1) is 17.1 Å². The van der Waals surface area contributed by atoms with Gasteiger partial charge >= 0.3 is 0 Å². The van der Waals surface area contributed by atoms with Gasteiger partial charge in [0, 0.05) is 50.3 Å². The first kappa shape index (κ1) is 84.2. The highest BCUT2D eigenvalue weighted by atomic mass is 15.2. The lowest BCUT2D eigenvalue weighted by molar-refractivity contribution is 1.30. The first-order valence-corrected chi connectivity index (χ1v) is 48.6. The van der Waals surface area contributed by atoms with Crippen LogP contribution >= 0.6 is 0 Å². The summed E-state index contributed by atoms with van der Waals surface area (Å²) in [6.45, 7) is 0. The fourth-order valence-electron chi connectivity index (χ4n) is 21.4. The van der Waals surface area contributed by atoms with Crippen molar-refractivity contribution in [2.24, 2.45) is 0 Å². The first-order chi connectivity index (χ1) is 69.9. The van der Waals surface area contributed by atoms with Gasteiger partial charge in [-0.1, -0.05) is 461 Å². The van der Waals surface area contributed by atoms with Crippen molar-refractivity contribution in [3.8, 4) is 100 Å². The predicted octanol–water partition coefficient (Wildman–Crippen LogP) is 38.8. The van der Waals surface area contributed by atoms with Crippen molar-refractivity contribution in [1.82, 2.24) is 0 Å². The molecule has 0 spiro atoms. The molecule has 27 rings (SSSR count). The number of fused-ring (bicyclic) bond motifs is 3. The molecule has 0 radical (unpaired) electrons. The molecule has 0 N–H and O–H groups in total. The van der Waals surface area contributed by atoms with E-state index in [1.165, 1.54) is 198 Å². The number of hydrogen-bond donors (Lipinski definition) is 0. The first-order valence-electron chi connectivity index (χ1n) is 48.6. The van der Waals surface area contributed by atoms with Crippen LogP contribution in [0.25, 0.3) is 201 Å². The third kappa shape index (κ3) is 16.1. The minimum absolute atomic E-state index is 1.12. The molecule has 24 aromatic rings. The molecule has 3 aliphatic rings. The molecule has 0 unspecified atom stereocenters. The van der Waals surface area contributed by atoms with Crippen LogP contribution in [-0.2, 0) is 0 Å². The van der Waals surface area contributed by atoms with Crippen LogP contribution in [0.15, 0.2) is 528 Å². The summed E-state index contributed by atoms with van der Waals surface area (Å²) in [5.41, 5.74) is 40.0. The van der Waals surface area contributed by atoms with E-state index < -0.39 is 0 Å². The van der Waals surface area contributed by atoms with E-state index in [1.54, 1.807) is 0 Å². The summed E-state index contributed by atoms with van der Waals surface area (Å²) >= 11 is 0. The van der Waals surface area contributed by atoms with Crippen molar-refractivity contribution < 1.29 is 0 Å². The van der Waals surface area contributed by atoms with Gasteiger partial charge in [-0.2, -0.15) is 0 Å². The van der Waals surface area contributed by atoms with Crippen LogP contribution in [0.2, 0.25) is 0 Å². The summed E-state index contributed by atoms with van der Waals surface area (Å²) in [5.74, 6) is 0. The molecule has 0 heterocycles. The van der Waals surface area contributed by atoms with E-state index in [4.69, 9.17) is 0 Å². The Morgan fingerprint density at radius 1 is 0.121 bits per heavy atom. The summed E-state index contributed by atoms with van der Waals surface area (Å²) in [6, 6.07) is 191. The van der Waals surface area contributed by atoms with Crippen LogP contribution in [-0.4, -0.2) is 0 Å². The molecular weight excluding hydrogens is 1700 g/mol. The van der Waals surface area contributed by atoms with E-state index in [1.807, 2.05) is 0 Å². The fraction of sp³-hybridized carbons (Fsp3) is 0.